The predicted molar refractivity (Wildman–Crippen MR) is 69.7 cm³/mol. The summed E-state index contributed by atoms with van der Waals surface area (Å²) in [5.74, 6) is 0.829. The van der Waals surface area contributed by atoms with E-state index in [9.17, 15) is 4.79 Å². The minimum atomic E-state index is 0. The lowest BCUT2D eigenvalue weighted by Crippen LogP contribution is -2.49. The van der Waals surface area contributed by atoms with Crippen molar-refractivity contribution in [3.05, 3.63) is 0 Å². The molecule has 1 aliphatic rings. The highest BCUT2D eigenvalue weighted by molar-refractivity contribution is 5.85. The zero-order valence-electron chi connectivity index (χ0n) is 10.6. The standard InChI is InChI=1S/C12H24N2O.ClH/c1-9(2)10(3)12(15)14-7-5-4-6-11(14)8-13;/h9-11H,4-8,13H2,1-3H3;1H. The molecule has 0 spiro atoms. The molecule has 1 heterocycles. The molecule has 0 saturated carbocycles. The fraction of sp³-hybridized carbons (Fsp3) is 0.917. The quantitative estimate of drug-likeness (QED) is 0.831. The van der Waals surface area contributed by atoms with Crippen molar-refractivity contribution in [2.75, 3.05) is 13.1 Å². The first-order valence-electron chi connectivity index (χ1n) is 6.08. The van der Waals surface area contributed by atoms with Crippen molar-refractivity contribution in [2.45, 2.75) is 46.1 Å². The van der Waals surface area contributed by atoms with Gasteiger partial charge in [0.25, 0.3) is 0 Å². The Morgan fingerprint density at radius 3 is 2.50 bits per heavy atom. The van der Waals surface area contributed by atoms with Crippen LogP contribution in [-0.2, 0) is 4.79 Å². The summed E-state index contributed by atoms with van der Waals surface area (Å²) >= 11 is 0. The Balaban J connectivity index is 0.00000225. The molecule has 2 atom stereocenters. The maximum Gasteiger partial charge on any atom is 0.225 e. The van der Waals surface area contributed by atoms with E-state index in [-0.39, 0.29) is 24.4 Å². The largest absolute Gasteiger partial charge is 0.338 e. The second kappa shape index (κ2) is 7.13. The van der Waals surface area contributed by atoms with E-state index in [4.69, 9.17) is 5.73 Å². The van der Waals surface area contributed by atoms with E-state index in [2.05, 4.69) is 13.8 Å². The van der Waals surface area contributed by atoms with E-state index in [1.807, 2.05) is 11.8 Å². The van der Waals surface area contributed by atoms with Crippen molar-refractivity contribution < 1.29 is 4.79 Å². The monoisotopic (exact) mass is 248 g/mol. The maximum absolute atomic E-state index is 12.2. The van der Waals surface area contributed by atoms with Crippen molar-refractivity contribution in [2.24, 2.45) is 17.6 Å². The van der Waals surface area contributed by atoms with Crippen molar-refractivity contribution in [1.29, 1.82) is 0 Å². The van der Waals surface area contributed by atoms with Crippen LogP contribution >= 0.6 is 12.4 Å². The summed E-state index contributed by atoms with van der Waals surface area (Å²) in [5.41, 5.74) is 5.71. The molecular weight excluding hydrogens is 224 g/mol. The third-order valence-electron chi connectivity index (χ3n) is 3.57. The number of amides is 1. The van der Waals surface area contributed by atoms with Crippen molar-refractivity contribution in [3.8, 4) is 0 Å². The van der Waals surface area contributed by atoms with Crippen LogP contribution < -0.4 is 5.73 Å². The summed E-state index contributed by atoms with van der Waals surface area (Å²) in [5, 5.41) is 0. The second-order valence-electron chi connectivity index (χ2n) is 4.95. The van der Waals surface area contributed by atoms with Crippen LogP contribution in [0.15, 0.2) is 0 Å². The van der Waals surface area contributed by atoms with Gasteiger partial charge < -0.3 is 10.6 Å². The van der Waals surface area contributed by atoms with Crippen LogP contribution in [0.5, 0.6) is 0 Å². The number of carbonyl (C=O) groups is 1. The van der Waals surface area contributed by atoms with E-state index in [0.717, 1.165) is 19.4 Å². The molecular formula is C12H25ClN2O. The van der Waals surface area contributed by atoms with Gasteiger partial charge in [-0.3, -0.25) is 4.79 Å². The van der Waals surface area contributed by atoms with Crippen molar-refractivity contribution >= 4 is 18.3 Å². The minimum absolute atomic E-state index is 0. The lowest BCUT2D eigenvalue weighted by Gasteiger charge is -2.37. The van der Waals surface area contributed by atoms with Gasteiger partial charge in [-0.2, -0.15) is 0 Å². The lowest BCUT2D eigenvalue weighted by atomic mass is 9.93. The molecule has 16 heavy (non-hydrogen) atoms. The second-order valence-corrected chi connectivity index (χ2v) is 4.95. The van der Waals surface area contributed by atoms with Crippen molar-refractivity contribution in [3.63, 3.8) is 0 Å². The first-order chi connectivity index (χ1) is 7.07. The highest BCUT2D eigenvalue weighted by Gasteiger charge is 2.29. The predicted octanol–water partition coefficient (Wildman–Crippen LogP) is 2.04. The lowest BCUT2D eigenvalue weighted by molar-refractivity contribution is -0.139. The Bertz CT molecular complexity index is 221. The number of likely N-dealkylation sites (tertiary alicyclic amines) is 1. The van der Waals surface area contributed by atoms with Crippen LogP contribution in [0.2, 0.25) is 0 Å². The molecule has 0 aromatic carbocycles. The number of rotatable bonds is 3. The summed E-state index contributed by atoms with van der Waals surface area (Å²) in [4.78, 5) is 14.2. The molecule has 1 fully saturated rings. The zero-order chi connectivity index (χ0) is 11.4. The van der Waals surface area contributed by atoms with E-state index >= 15 is 0 Å². The van der Waals surface area contributed by atoms with Gasteiger partial charge in [0.2, 0.25) is 5.91 Å². The van der Waals surface area contributed by atoms with Gasteiger partial charge in [-0.05, 0) is 25.2 Å². The molecule has 1 amide bonds. The summed E-state index contributed by atoms with van der Waals surface area (Å²) in [7, 11) is 0. The van der Waals surface area contributed by atoms with E-state index < -0.39 is 0 Å². The van der Waals surface area contributed by atoms with E-state index in [0.29, 0.717) is 18.4 Å². The molecule has 0 aromatic heterocycles. The number of hydrogen-bond acceptors (Lipinski definition) is 2. The third-order valence-corrected chi connectivity index (χ3v) is 3.57. The van der Waals surface area contributed by atoms with E-state index in [1.54, 1.807) is 0 Å². The summed E-state index contributed by atoms with van der Waals surface area (Å²) < 4.78 is 0. The third kappa shape index (κ3) is 3.63. The minimum Gasteiger partial charge on any atom is -0.338 e. The zero-order valence-corrected chi connectivity index (χ0v) is 11.4. The molecule has 0 aromatic rings. The molecule has 0 radical (unpaired) electrons. The number of carbonyl (C=O) groups excluding carboxylic acids is 1. The molecule has 1 aliphatic heterocycles. The maximum atomic E-state index is 12.2. The van der Waals surface area contributed by atoms with E-state index in [1.165, 1.54) is 6.42 Å². The molecule has 1 saturated heterocycles. The Hall–Kier alpha value is -0.280. The number of hydrogen-bond donors (Lipinski definition) is 1. The Labute approximate surface area is 105 Å². The Morgan fingerprint density at radius 2 is 2.00 bits per heavy atom. The molecule has 3 nitrogen and oxygen atoms in total. The summed E-state index contributed by atoms with van der Waals surface area (Å²) in [6.45, 7) is 7.73. The molecule has 2 unspecified atom stereocenters. The molecule has 0 aliphatic carbocycles. The first kappa shape index (κ1) is 15.7. The Kier molecular flexibility index (Phi) is 7.00. The number of nitrogens with two attached hydrogens (primary N) is 1. The van der Waals surface area contributed by atoms with Crippen LogP contribution in [0.4, 0.5) is 0 Å². The van der Waals surface area contributed by atoms with Gasteiger partial charge in [-0.15, -0.1) is 12.4 Å². The molecule has 2 N–H and O–H groups in total. The van der Waals surface area contributed by atoms with Gasteiger partial charge in [-0.25, -0.2) is 0 Å². The van der Waals surface area contributed by atoms with Gasteiger partial charge in [0.15, 0.2) is 0 Å². The molecule has 1 rings (SSSR count). The fourth-order valence-electron chi connectivity index (χ4n) is 2.08. The van der Waals surface area contributed by atoms with Crippen LogP contribution in [0.25, 0.3) is 0 Å². The van der Waals surface area contributed by atoms with Gasteiger partial charge in [0.1, 0.15) is 0 Å². The van der Waals surface area contributed by atoms with Gasteiger partial charge >= 0.3 is 0 Å². The smallest absolute Gasteiger partial charge is 0.225 e. The highest BCUT2D eigenvalue weighted by Crippen LogP contribution is 2.21. The first-order valence-corrected chi connectivity index (χ1v) is 6.08. The normalized spacial score (nSPS) is 22.8. The molecule has 4 heteroatoms. The SMILES string of the molecule is CC(C)C(C)C(=O)N1CCCCC1CN.Cl. The number of piperidine rings is 1. The van der Waals surface area contributed by atoms with Crippen LogP contribution in [-0.4, -0.2) is 29.9 Å². The highest BCUT2D eigenvalue weighted by atomic mass is 35.5. The van der Waals surface area contributed by atoms with Gasteiger partial charge in [0, 0.05) is 25.0 Å². The summed E-state index contributed by atoms with van der Waals surface area (Å²) in [6, 6.07) is 0.285. The van der Waals surface area contributed by atoms with Gasteiger partial charge in [-0.1, -0.05) is 20.8 Å². The average Bonchev–Trinajstić information content (AvgIpc) is 2.26. The van der Waals surface area contributed by atoms with Crippen LogP contribution in [0, 0.1) is 11.8 Å². The average molecular weight is 249 g/mol. The molecule has 0 bridgehead atoms. The number of halogens is 1. The summed E-state index contributed by atoms with van der Waals surface area (Å²) in [6.07, 6.45) is 3.42. The van der Waals surface area contributed by atoms with Crippen molar-refractivity contribution in [1.82, 2.24) is 4.90 Å². The van der Waals surface area contributed by atoms with Crippen LogP contribution in [0.1, 0.15) is 40.0 Å². The topological polar surface area (TPSA) is 46.3 Å². The molecule has 96 valence electrons. The Morgan fingerprint density at radius 1 is 1.38 bits per heavy atom. The van der Waals surface area contributed by atoms with Gasteiger partial charge in [0.05, 0.1) is 0 Å². The number of nitrogens with zero attached hydrogens (tertiary/aromatic N) is 1. The van der Waals surface area contributed by atoms with Crippen LogP contribution in [0.3, 0.4) is 0 Å². The fourth-order valence-corrected chi connectivity index (χ4v) is 2.08.